The molecule has 0 aromatic heterocycles. The number of unbranched alkanes of at least 4 members (excludes halogenated alkanes) is 3. The molecule has 0 spiro atoms. The van der Waals surface area contributed by atoms with Gasteiger partial charge < -0.3 is 9.47 Å². The third-order valence-corrected chi connectivity index (χ3v) is 3.51. The zero-order valence-electron chi connectivity index (χ0n) is 14.1. The summed E-state index contributed by atoms with van der Waals surface area (Å²) in [5, 5.41) is 7.98. The summed E-state index contributed by atoms with van der Waals surface area (Å²) in [6.45, 7) is 10.8. The lowest BCUT2D eigenvalue weighted by Gasteiger charge is -2.10. The van der Waals surface area contributed by atoms with Crippen LogP contribution in [0.5, 0.6) is 0 Å². The number of carbonyl (C=O) groups excluding carboxylic acids is 2. The molecule has 0 rings (SSSR count). The van der Waals surface area contributed by atoms with Gasteiger partial charge in [-0.25, -0.2) is 9.59 Å². The molecule has 0 saturated heterocycles. The highest BCUT2D eigenvalue weighted by Crippen LogP contribution is 2.15. The van der Waals surface area contributed by atoms with Crippen LogP contribution in [0, 0.1) is 11.3 Å². The summed E-state index contributed by atoms with van der Waals surface area (Å²) in [5.74, 6) is 0.245. The molecular weight excluding hydrogens is 314 g/mol. The molecule has 130 valence electrons. The van der Waals surface area contributed by atoms with E-state index < -0.39 is 5.97 Å². The van der Waals surface area contributed by atoms with E-state index >= 15 is 0 Å². The van der Waals surface area contributed by atoms with E-state index in [2.05, 4.69) is 24.8 Å². The molecule has 5 nitrogen and oxygen atoms in total. The molecule has 1 atom stereocenters. The summed E-state index contributed by atoms with van der Waals surface area (Å²) in [6, 6.07) is 1.84. The Balaban J connectivity index is 0. The molecule has 0 aliphatic heterocycles. The minimum atomic E-state index is -0.481. The average molecular weight is 341 g/mol. The van der Waals surface area contributed by atoms with Crippen LogP contribution in [-0.2, 0) is 19.1 Å². The van der Waals surface area contributed by atoms with Gasteiger partial charge in [0.15, 0.2) is 0 Å². The maximum absolute atomic E-state index is 10.8. The first-order chi connectivity index (χ1) is 11.0. The van der Waals surface area contributed by atoms with Crippen molar-refractivity contribution in [3.05, 3.63) is 25.3 Å². The lowest BCUT2D eigenvalue weighted by Crippen LogP contribution is -2.09. The van der Waals surface area contributed by atoms with E-state index in [1.807, 2.05) is 13.0 Å². The normalized spacial score (nSPS) is 10.3. The standard InChI is InChI=1S/C11H20O2S.C6H7NO2/c1-4-6-7-8-9-14-10(3)13-11(12)5-2;1-2-6(8)9-5-3-4-7/h5,10H,2,4,6-9H2,1,3H3;2H,1,3,5H2. The summed E-state index contributed by atoms with van der Waals surface area (Å²) in [7, 11) is 0. The zero-order valence-corrected chi connectivity index (χ0v) is 14.9. The van der Waals surface area contributed by atoms with Crippen molar-refractivity contribution < 1.29 is 19.1 Å². The second-order valence-electron chi connectivity index (χ2n) is 4.42. The lowest BCUT2D eigenvalue weighted by atomic mass is 10.2. The van der Waals surface area contributed by atoms with Gasteiger partial charge in [-0.3, -0.25) is 0 Å². The van der Waals surface area contributed by atoms with Crippen LogP contribution >= 0.6 is 11.8 Å². The molecular formula is C17H27NO4S. The maximum Gasteiger partial charge on any atom is 0.331 e. The molecule has 0 amide bonds. The van der Waals surface area contributed by atoms with E-state index in [9.17, 15) is 9.59 Å². The summed E-state index contributed by atoms with van der Waals surface area (Å²) >= 11 is 1.68. The Hall–Kier alpha value is -1.74. The molecule has 1 unspecified atom stereocenters. The summed E-state index contributed by atoms with van der Waals surface area (Å²) in [5.41, 5.74) is -0.0536. The Bertz CT molecular complexity index is 391. The van der Waals surface area contributed by atoms with Gasteiger partial charge in [0, 0.05) is 12.2 Å². The van der Waals surface area contributed by atoms with Crippen LogP contribution in [-0.4, -0.2) is 29.7 Å². The van der Waals surface area contributed by atoms with Gasteiger partial charge in [-0.05, 0) is 19.1 Å². The number of nitrogens with zero attached hydrogens (tertiary/aromatic N) is 1. The van der Waals surface area contributed by atoms with Crippen molar-refractivity contribution in [1.29, 1.82) is 5.26 Å². The number of esters is 2. The summed E-state index contributed by atoms with van der Waals surface area (Å²) in [4.78, 5) is 21.0. The third kappa shape index (κ3) is 20.3. The molecule has 0 fully saturated rings. The number of carbonyl (C=O) groups is 2. The predicted molar refractivity (Wildman–Crippen MR) is 93.7 cm³/mol. The quantitative estimate of drug-likeness (QED) is 0.245. The molecule has 0 aromatic carbocycles. The number of nitriles is 1. The molecule has 0 saturated carbocycles. The number of hydrogen-bond acceptors (Lipinski definition) is 6. The van der Waals surface area contributed by atoms with Gasteiger partial charge in [-0.15, -0.1) is 11.8 Å². The Morgan fingerprint density at radius 2 is 1.87 bits per heavy atom. The molecule has 0 aliphatic carbocycles. The van der Waals surface area contributed by atoms with Gasteiger partial charge in [-0.2, -0.15) is 5.26 Å². The van der Waals surface area contributed by atoms with Crippen LogP contribution in [0.15, 0.2) is 25.3 Å². The summed E-state index contributed by atoms with van der Waals surface area (Å²) in [6.07, 6.45) is 7.53. The first-order valence-corrected chi connectivity index (χ1v) is 8.67. The zero-order chi connectivity index (χ0) is 17.9. The van der Waals surface area contributed by atoms with Gasteiger partial charge in [0.1, 0.15) is 12.0 Å². The highest BCUT2D eigenvalue weighted by Gasteiger charge is 2.05. The first kappa shape index (κ1) is 23.5. The maximum atomic E-state index is 10.8. The van der Waals surface area contributed by atoms with E-state index in [1.54, 1.807) is 11.8 Å². The second-order valence-corrected chi connectivity index (χ2v) is 5.83. The number of rotatable bonds is 11. The molecule has 0 aromatic rings. The molecule has 6 heteroatoms. The minimum absolute atomic E-state index is 0.0536. The molecule has 0 radical (unpaired) electrons. The van der Waals surface area contributed by atoms with Crippen LogP contribution in [0.4, 0.5) is 0 Å². The van der Waals surface area contributed by atoms with E-state index in [1.165, 1.54) is 31.8 Å². The van der Waals surface area contributed by atoms with Gasteiger partial charge in [0.05, 0.1) is 12.5 Å². The van der Waals surface area contributed by atoms with Crippen LogP contribution in [0.3, 0.4) is 0 Å². The van der Waals surface area contributed by atoms with E-state index in [0.717, 1.165) is 11.8 Å². The minimum Gasteiger partial charge on any atom is -0.461 e. The topological polar surface area (TPSA) is 76.4 Å². The fourth-order valence-corrected chi connectivity index (χ4v) is 2.15. The Kier molecular flexibility index (Phi) is 18.7. The number of hydrogen-bond donors (Lipinski definition) is 0. The smallest absolute Gasteiger partial charge is 0.331 e. The number of thioether (sulfide) groups is 1. The Morgan fingerprint density at radius 3 is 2.39 bits per heavy atom. The van der Waals surface area contributed by atoms with Crippen molar-refractivity contribution in [1.82, 2.24) is 0 Å². The van der Waals surface area contributed by atoms with Gasteiger partial charge >= 0.3 is 11.9 Å². The van der Waals surface area contributed by atoms with Crippen molar-refractivity contribution in [2.24, 2.45) is 0 Å². The third-order valence-electron chi connectivity index (χ3n) is 2.42. The SMILES string of the molecule is C=CC(=O)OC(C)SCCCCCC.C=CC(=O)OCCC#N. The van der Waals surface area contributed by atoms with Crippen molar-refractivity contribution in [3.8, 4) is 6.07 Å². The van der Waals surface area contributed by atoms with Gasteiger partial charge in [0.25, 0.3) is 0 Å². The number of ether oxygens (including phenoxy) is 2. The van der Waals surface area contributed by atoms with E-state index in [4.69, 9.17) is 10.00 Å². The molecule has 0 N–H and O–H groups in total. The monoisotopic (exact) mass is 341 g/mol. The largest absolute Gasteiger partial charge is 0.461 e. The molecule has 0 bridgehead atoms. The van der Waals surface area contributed by atoms with Crippen molar-refractivity contribution in [3.63, 3.8) is 0 Å². The van der Waals surface area contributed by atoms with Crippen LogP contribution < -0.4 is 0 Å². The van der Waals surface area contributed by atoms with Gasteiger partial charge in [0.2, 0.25) is 0 Å². The second kappa shape index (κ2) is 18.3. The Labute approximate surface area is 143 Å². The van der Waals surface area contributed by atoms with Crippen molar-refractivity contribution in [2.75, 3.05) is 12.4 Å². The fourth-order valence-electron chi connectivity index (χ4n) is 1.28. The fraction of sp³-hybridized carbons (Fsp3) is 0.588. The lowest BCUT2D eigenvalue weighted by molar-refractivity contribution is -0.139. The highest BCUT2D eigenvalue weighted by molar-refractivity contribution is 7.99. The average Bonchev–Trinajstić information content (AvgIpc) is 2.55. The van der Waals surface area contributed by atoms with E-state index in [0.29, 0.717) is 0 Å². The highest BCUT2D eigenvalue weighted by atomic mass is 32.2. The first-order valence-electron chi connectivity index (χ1n) is 7.62. The Morgan fingerprint density at radius 1 is 1.22 bits per heavy atom. The summed E-state index contributed by atoms with van der Waals surface area (Å²) < 4.78 is 9.46. The molecule has 0 aliphatic rings. The van der Waals surface area contributed by atoms with Crippen LogP contribution in [0.2, 0.25) is 0 Å². The van der Waals surface area contributed by atoms with Crippen molar-refractivity contribution >= 4 is 23.7 Å². The molecule has 0 heterocycles. The van der Waals surface area contributed by atoms with Crippen LogP contribution in [0.25, 0.3) is 0 Å². The predicted octanol–water partition coefficient (Wildman–Crippen LogP) is 4.00. The van der Waals surface area contributed by atoms with Crippen molar-refractivity contribution in [2.45, 2.75) is 51.4 Å². The van der Waals surface area contributed by atoms with E-state index in [-0.39, 0.29) is 24.4 Å². The van der Waals surface area contributed by atoms with Gasteiger partial charge in [-0.1, -0.05) is 39.3 Å². The molecule has 23 heavy (non-hydrogen) atoms. The van der Waals surface area contributed by atoms with Crippen LogP contribution in [0.1, 0.15) is 46.0 Å².